The number of halogens is 1. The molecular formula is C13H12FN3OS. The van der Waals surface area contributed by atoms with E-state index in [1.54, 1.807) is 30.1 Å². The number of hydrogen-bond donors (Lipinski definition) is 1. The van der Waals surface area contributed by atoms with E-state index in [9.17, 15) is 9.50 Å². The number of aromatic nitrogens is 2. The number of anilines is 2. The van der Waals surface area contributed by atoms with Crippen LogP contribution in [0.4, 0.5) is 15.9 Å². The smallest absolute Gasteiger partial charge is 0.195 e. The van der Waals surface area contributed by atoms with E-state index < -0.39 is 0 Å². The molecule has 19 heavy (non-hydrogen) atoms. The lowest BCUT2D eigenvalue weighted by Crippen LogP contribution is -2.13. The van der Waals surface area contributed by atoms with E-state index in [0.717, 1.165) is 4.96 Å². The molecular weight excluding hydrogens is 265 g/mol. The van der Waals surface area contributed by atoms with Gasteiger partial charge in [0, 0.05) is 18.6 Å². The normalized spacial score (nSPS) is 11.1. The molecule has 0 spiro atoms. The molecule has 4 nitrogen and oxygen atoms in total. The monoisotopic (exact) mass is 277 g/mol. The number of para-hydroxylation sites is 1. The van der Waals surface area contributed by atoms with Gasteiger partial charge in [0.05, 0.1) is 18.0 Å². The quantitative estimate of drug-likeness (QED) is 0.800. The first kappa shape index (κ1) is 12.1. The Hall–Kier alpha value is -1.92. The summed E-state index contributed by atoms with van der Waals surface area (Å²) in [6.07, 6.45) is 1.84. The van der Waals surface area contributed by atoms with Gasteiger partial charge < -0.3 is 10.0 Å². The summed E-state index contributed by atoms with van der Waals surface area (Å²) in [7, 11) is 1.74. The van der Waals surface area contributed by atoms with Crippen LogP contribution < -0.4 is 4.90 Å². The fourth-order valence-electron chi connectivity index (χ4n) is 2.07. The van der Waals surface area contributed by atoms with Crippen molar-refractivity contribution in [1.82, 2.24) is 9.38 Å². The average Bonchev–Trinajstić information content (AvgIpc) is 2.98. The Bertz CT molecular complexity index is 722. The molecule has 6 heteroatoms. The lowest BCUT2D eigenvalue weighted by molar-refractivity contribution is 0.276. The van der Waals surface area contributed by atoms with Crippen LogP contribution in [0, 0.1) is 5.82 Å². The van der Waals surface area contributed by atoms with E-state index in [2.05, 4.69) is 4.98 Å². The fraction of sp³-hybridized carbons (Fsp3) is 0.154. The highest BCUT2D eigenvalue weighted by Gasteiger charge is 2.18. The second kappa shape index (κ2) is 4.64. The van der Waals surface area contributed by atoms with Crippen LogP contribution in [-0.2, 0) is 6.61 Å². The highest BCUT2D eigenvalue weighted by Crippen LogP contribution is 2.30. The second-order valence-electron chi connectivity index (χ2n) is 4.11. The van der Waals surface area contributed by atoms with Crippen LogP contribution in [0.15, 0.2) is 35.8 Å². The lowest BCUT2D eigenvalue weighted by atomic mass is 10.2. The van der Waals surface area contributed by atoms with Crippen LogP contribution in [-0.4, -0.2) is 21.5 Å². The topological polar surface area (TPSA) is 40.8 Å². The van der Waals surface area contributed by atoms with Gasteiger partial charge in [0.2, 0.25) is 0 Å². The summed E-state index contributed by atoms with van der Waals surface area (Å²) >= 11 is 1.47. The molecule has 3 aromatic rings. The van der Waals surface area contributed by atoms with Crippen molar-refractivity contribution in [1.29, 1.82) is 0 Å². The third-order valence-corrected chi connectivity index (χ3v) is 3.78. The summed E-state index contributed by atoms with van der Waals surface area (Å²) in [4.78, 5) is 6.87. The number of nitrogens with zero attached hydrogens (tertiary/aromatic N) is 3. The molecule has 0 fully saturated rings. The van der Waals surface area contributed by atoms with E-state index in [0.29, 0.717) is 17.2 Å². The minimum Gasteiger partial charge on any atom is -0.390 e. The van der Waals surface area contributed by atoms with Crippen molar-refractivity contribution in [2.24, 2.45) is 0 Å². The molecule has 2 aromatic heterocycles. The van der Waals surface area contributed by atoms with Gasteiger partial charge in [-0.3, -0.25) is 4.40 Å². The molecule has 0 saturated heterocycles. The van der Waals surface area contributed by atoms with Gasteiger partial charge in [-0.2, -0.15) is 0 Å². The molecule has 0 amide bonds. The second-order valence-corrected chi connectivity index (χ2v) is 4.98. The molecule has 0 aliphatic carbocycles. The van der Waals surface area contributed by atoms with E-state index in [4.69, 9.17) is 0 Å². The van der Waals surface area contributed by atoms with Gasteiger partial charge >= 0.3 is 0 Å². The van der Waals surface area contributed by atoms with Crippen LogP contribution in [0.1, 0.15) is 5.69 Å². The number of aliphatic hydroxyl groups is 1. The third kappa shape index (κ3) is 1.89. The van der Waals surface area contributed by atoms with Crippen molar-refractivity contribution < 1.29 is 9.50 Å². The minimum atomic E-state index is -0.315. The molecule has 2 heterocycles. The number of benzene rings is 1. The third-order valence-electron chi connectivity index (χ3n) is 3.02. The van der Waals surface area contributed by atoms with Crippen molar-refractivity contribution in [3.8, 4) is 0 Å². The van der Waals surface area contributed by atoms with Crippen LogP contribution >= 0.6 is 11.3 Å². The van der Waals surface area contributed by atoms with Crippen molar-refractivity contribution in [2.75, 3.05) is 11.9 Å². The van der Waals surface area contributed by atoms with Crippen molar-refractivity contribution in [3.05, 3.63) is 47.4 Å². The summed E-state index contributed by atoms with van der Waals surface area (Å²) in [6.45, 7) is -0.147. The van der Waals surface area contributed by atoms with Gasteiger partial charge in [0.1, 0.15) is 5.82 Å². The zero-order valence-corrected chi connectivity index (χ0v) is 11.1. The maximum absolute atomic E-state index is 13.8. The summed E-state index contributed by atoms with van der Waals surface area (Å²) < 4.78 is 15.6. The average molecular weight is 277 g/mol. The maximum Gasteiger partial charge on any atom is 0.195 e. The Morgan fingerprint density at radius 3 is 2.95 bits per heavy atom. The maximum atomic E-state index is 13.8. The zero-order valence-electron chi connectivity index (χ0n) is 10.2. The van der Waals surface area contributed by atoms with E-state index in [1.165, 1.54) is 17.4 Å². The van der Waals surface area contributed by atoms with Crippen molar-refractivity contribution in [2.45, 2.75) is 6.61 Å². The summed E-state index contributed by atoms with van der Waals surface area (Å²) in [5, 5.41) is 11.4. The highest BCUT2D eigenvalue weighted by molar-refractivity contribution is 7.15. The molecule has 1 aromatic carbocycles. The summed E-state index contributed by atoms with van der Waals surface area (Å²) in [5.74, 6) is 0.254. The molecule has 0 atom stereocenters. The Morgan fingerprint density at radius 2 is 2.21 bits per heavy atom. The minimum absolute atomic E-state index is 0.147. The molecule has 0 aliphatic rings. The van der Waals surface area contributed by atoms with Crippen molar-refractivity contribution >= 4 is 27.8 Å². The molecule has 1 N–H and O–H groups in total. The summed E-state index contributed by atoms with van der Waals surface area (Å²) in [6, 6.07) is 6.50. The first-order valence-electron chi connectivity index (χ1n) is 5.76. The Labute approximate surface area is 113 Å². The molecule has 3 rings (SSSR count). The Balaban J connectivity index is 2.13. The number of thiazole rings is 1. The van der Waals surface area contributed by atoms with E-state index in [-0.39, 0.29) is 12.4 Å². The van der Waals surface area contributed by atoms with Gasteiger partial charge in [-0.05, 0) is 12.1 Å². The van der Waals surface area contributed by atoms with Crippen LogP contribution in [0.3, 0.4) is 0 Å². The molecule has 0 saturated carbocycles. The largest absolute Gasteiger partial charge is 0.390 e. The van der Waals surface area contributed by atoms with Gasteiger partial charge in [-0.15, -0.1) is 11.3 Å². The Morgan fingerprint density at radius 1 is 1.42 bits per heavy atom. The van der Waals surface area contributed by atoms with E-state index >= 15 is 0 Å². The standard InChI is InChI=1S/C13H12FN3OS/c1-16(10-5-3-2-4-9(10)14)12-11(8-18)17-6-7-19-13(17)15-12/h2-7,18H,8H2,1H3. The molecule has 98 valence electrons. The molecule has 0 radical (unpaired) electrons. The lowest BCUT2D eigenvalue weighted by Gasteiger charge is -2.18. The van der Waals surface area contributed by atoms with Gasteiger partial charge in [-0.25, -0.2) is 9.37 Å². The number of imidazole rings is 1. The molecule has 0 aliphatic heterocycles. The predicted octanol–water partition coefficient (Wildman–Crippen LogP) is 2.80. The number of hydrogen-bond acceptors (Lipinski definition) is 4. The van der Waals surface area contributed by atoms with Gasteiger partial charge in [-0.1, -0.05) is 12.1 Å². The zero-order chi connectivity index (χ0) is 13.4. The van der Waals surface area contributed by atoms with Gasteiger partial charge in [0.25, 0.3) is 0 Å². The van der Waals surface area contributed by atoms with Gasteiger partial charge in [0.15, 0.2) is 10.8 Å². The van der Waals surface area contributed by atoms with Crippen LogP contribution in [0.5, 0.6) is 0 Å². The Kier molecular flexibility index (Phi) is 2.96. The number of aliphatic hydroxyl groups excluding tert-OH is 1. The van der Waals surface area contributed by atoms with Crippen molar-refractivity contribution in [3.63, 3.8) is 0 Å². The molecule has 0 bridgehead atoms. The van der Waals surface area contributed by atoms with Crippen LogP contribution in [0.2, 0.25) is 0 Å². The fourth-order valence-corrected chi connectivity index (χ4v) is 2.80. The van der Waals surface area contributed by atoms with E-state index in [1.807, 2.05) is 16.0 Å². The first-order chi connectivity index (χ1) is 9.22. The molecule has 0 unspecified atom stereocenters. The van der Waals surface area contributed by atoms with Crippen LogP contribution in [0.25, 0.3) is 4.96 Å². The predicted molar refractivity (Wildman–Crippen MR) is 73.5 cm³/mol. The summed E-state index contributed by atoms with van der Waals surface area (Å²) in [5.41, 5.74) is 1.09. The SMILES string of the molecule is CN(c1ccccc1F)c1nc2sccn2c1CO. The number of fused-ring (bicyclic) bond motifs is 1. The number of rotatable bonds is 3. The first-order valence-corrected chi connectivity index (χ1v) is 6.64. The highest BCUT2D eigenvalue weighted by atomic mass is 32.1.